The average molecular weight is 238 g/mol. The molecule has 0 aromatic heterocycles. The van der Waals surface area contributed by atoms with E-state index in [2.05, 4.69) is 0 Å². The van der Waals surface area contributed by atoms with Crippen LogP contribution in [0.1, 0.15) is 39.0 Å². The zero-order chi connectivity index (χ0) is 12.4. The van der Waals surface area contributed by atoms with Gasteiger partial charge in [-0.3, -0.25) is 9.59 Å². The van der Waals surface area contributed by atoms with Gasteiger partial charge < -0.3 is 9.80 Å². The number of rotatable bonds is 2. The Bertz CT molecular complexity index is 305. The van der Waals surface area contributed by atoms with Crippen molar-refractivity contribution in [3.8, 4) is 0 Å². The van der Waals surface area contributed by atoms with Crippen molar-refractivity contribution in [2.45, 2.75) is 45.1 Å². The van der Waals surface area contributed by atoms with E-state index in [0.717, 1.165) is 12.8 Å². The summed E-state index contributed by atoms with van der Waals surface area (Å²) >= 11 is 0. The van der Waals surface area contributed by atoms with E-state index in [1.165, 1.54) is 19.3 Å². The molecule has 1 saturated heterocycles. The monoisotopic (exact) mass is 238 g/mol. The molecule has 0 aromatic rings. The summed E-state index contributed by atoms with van der Waals surface area (Å²) < 4.78 is 0. The van der Waals surface area contributed by atoms with Gasteiger partial charge >= 0.3 is 0 Å². The highest BCUT2D eigenvalue weighted by atomic mass is 16.2. The number of carbonyl (C=O) groups is 2. The largest absolute Gasteiger partial charge is 0.342 e. The Kier molecular flexibility index (Phi) is 3.69. The zero-order valence-corrected chi connectivity index (χ0v) is 10.8. The molecule has 0 bridgehead atoms. The fourth-order valence-electron chi connectivity index (χ4n) is 2.83. The second-order valence-corrected chi connectivity index (χ2v) is 5.36. The molecule has 17 heavy (non-hydrogen) atoms. The Morgan fingerprint density at radius 2 is 1.71 bits per heavy atom. The maximum Gasteiger partial charge on any atom is 0.229 e. The van der Waals surface area contributed by atoms with Gasteiger partial charge in [0, 0.05) is 33.1 Å². The zero-order valence-electron chi connectivity index (χ0n) is 10.8. The summed E-state index contributed by atoms with van der Waals surface area (Å²) in [6, 6.07) is 0.433. The molecule has 0 spiro atoms. The molecule has 2 aliphatic rings. The number of hydrogen-bond donors (Lipinski definition) is 0. The van der Waals surface area contributed by atoms with Crippen LogP contribution in [-0.2, 0) is 9.59 Å². The lowest BCUT2D eigenvalue weighted by molar-refractivity contribution is -0.148. The first-order chi connectivity index (χ1) is 8.09. The molecule has 2 amide bonds. The predicted molar refractivity (Wildman–Crippen MR) is 65.4 cm³/mol. The van der Waals surface area contributed by atoms with Gasteiger partial charge in [-0.05, 0) is 12.8 Å². The van der Waals surface area contributed by atoms with E-state index >= 15 is 0 Å². The fraction of sp³-hybridized carbons (Fsp3) is 0.846. The topological polar surface area (TPSA) is 40.6 Å². The predicted octanol–water partition coefficient (Wildman–Crippen LogP) is 1.26. The van der Waals surface area contributed by atoms with E-state index < -0.39 is 0 Å². The molecule has 2 rings (SSSR count). The summed E-state index contributed by atoms with van der Waals surface area (Å²) in [7, 11) is 1.93. The van der Waals surface area contributed by atoms with Crippen LogP contribution in [0.2, 0.25) is 0 Å². The van der Waals surface area contributed by atoms with Crippen LogP contribution in [0.25, 0.3) is 0 Å². The summed E-state index contributed by atoms with van der Waals surface area (Å²) in [6.45, 7) is 2.79. The Morgan fingerprint density at radius 1 is 1.12 bits per heavy atom. The first-order valence-corrected chi connectivity index (χ1v) is 6.61. The third-order valence-electron chi connectivity index (χ3n) is 4.15. The van der Waals surface area contributed by atoms with E-state index in [1.807, 2.05) is 11.9 Å². The van der Waals surface area contributed by atoms with Crippen LogP contribution in [0, 0.1) is 5.92 Å². The van der Waals surface area contributed by atoms with Gasteiger partial charge in [0.05, 0.1) is 5.92 Å². The minimum atomic E-state index is 0.0471. The van der Waals surface area contributed by atoms with Crippen LogP contribution in [0.5, 0.6) is 0 Å². The molecule has 4 heteroatoms. The van der Waals surface area contributed by atoms with Gasteiger partial charge in [-0.2, -0.15) is 0 Å². The molecular weight excluding hydrogens is 216 g/mol. The number of hydrogen-bond acceptors (Lipinski definition) is 2. The van der Waals surface area contributed by atoms with Crippen molar-refractivity contribution < 1.29 is 9.59 Å². The molecule has 0 radical (unpaired) electrons. The summed E-state index contributed by atoms with van der Waals surface area (Å²) in [5, 5.41) is 0. The lowest BCUT2D eigenvalue weighted by Gasteiger charge is -2.41. The molecule has 96 valence electrons. The summed E-state index contributed by atoms with van der Waals surface area (Å²) in [5.74, 6) is 0.356. The van der Waals surface area contributed by atoms with Crippen molar-refractivity contribution in [1.82, 2.24) is 9.80 Å². The van der Waals surface area contributed by atoms with Crippen molar-refractivity contribution >= 4 is 11.8 Å². The minimum absolute atomic E-state index is 0.0471. The number of carbonyl (C=O) groups excluding carboxylic acids is 2. The first-order valence-electron chi connectivity index (χ1n) is 6.61. The normalized spacial score (nSPS) is 22.1. The van der Waals surface area contributed by atoms with Gasteiger partial charge in [-0.25, -0.2) is 0 Å². The highest BCUT2D eigenvalue weighted by Gasteiger charge is 2.37. The van der Waals surface area contributed by atoms with Crippen molar-refractivity contribution in [3.63, 3.8) is 0 Å². The molecule has 1 aliphatic heterocycles. The van der Waals surface area contributed by atoms with Gasteiger partial charge in [0.15, 0.2) is 0 Å². The Balaban J connectivity index is 1.82. The van der Waals surface area contributed by atoms with Crippen molar-refractivity contribution in [2.24, 2.45) is 5.92 Å². The quantitative estimate of drug-likeness (QED) is 0.726. The second kappa shape index (κ2) is 5.07. The summed E-state index contributed by atoms with van der Waals surface area (Å²) in [6.07, 6.45) is 6.08. The Morgan fingerprint density at radius 3 is 2.24 bits per heavy atom. The highest BCUT2D eigenvalue weighted by Crippen LogP contribution is 2.25. The standard InChI is InChI=1S/C13H22N2O2/c1-10(16)15-8-11(9-15)13(17)14(2)12-6-4-3-5-7-12/h11-12H,3-9H2,1-2H3. The Labute approximate surface area is 103 Å². The molecule has 1 saturated carbocycles. The van der Waals surface area contributed by atoms with E-state index in [9.17, 15) is 9.59 Å². The number of nitrogens with zero attached hydrogens (tertiary/aromatic N) is 2. The van der Waals surface area contributed by atoms with Crippen molar-refractivity contribution in [2.75, 3.05) is 20.1 Å². The number of amides is 2. The smallest absolute Gasteiger partial charge is 0.229 e. The SMILES string of the molecule is CC(=O)N1CC(C(=O)N(C)C2CCCCC2)C1. The molecule has 0 atom stereocenters. The molecule has 1 aliphatic carbocycles. The van der Waals surface area contributed by atoms with E-state index in [1.54, 1.807) is 11.8 Å². The molecule has 0 unspecified atom stereocenters. The van der Waals surface area contributed by atoms with Crippen LogP contribution in [0.3, 0.4) is 0 Å². The van der Waals surface area contributed by atoms with Gasteiger partial charge in [0.1, 0.15) is 0 Å². The lowest BCUT2D eigenvalue weighted by Crippen LogP contribution is -2.56. The van der Waals surface area contributed by atoms with Crippen LogP contribution in [0.15, 0.2) is 0 Å². The van der Waals surface area contributed by atoms with E-state index in [4.69, 9.17) is 0 Å². The summed E-state index contributed by atoms with van der Waals surface area (Å²) in [5.41, 5.74) is 0. The average Bonchev–Trinajstić information content (AvgIpc) is 2.26. The molecule has 4 nitrogen and oxygen atoms in total. The second-order valence-electron chi connectivity index (χ2n) is 5.36. The Hall–Kier alpha value is -1.06. The maximum absolute atomic E-state index is 12.2. The molecule has 2 fully saturated rings. The number of likely N-dealkylation sites (tertiary alicyclic amines) is 1. The lowest BCUT2D eigenvalue weighted by atomic mass is 9.92. The third kappa shape index (κ3) is 2.61. The van der Waals surface area contributed by atoms with Gasteiger partial charge in [0.2, 0.25) is 11.8 Å². The highest BCUT2D eigenvalue weighted by molar-refractivity contribution is 5.83. The van der Waals surface area contributed by atoms with Gasteiger partial charge in [-0.15, -0.1) is 0 Å². The molecule has 1 heterocycles. The summed E-state index contributed by atoms with van der Waals surface area (Å²) in [4.78, 5) is 26.9. The molecule has 0 aromatic carbocycles. The molecular formula is C13H22N2O2. The third-order valence-corrected chi connectivity index (χ3v) is 4.15. The van der Waals surface area contributed by atoms with Crippen molar-refractivity contribution in [3.05, 3.63) is 0 Å². The van der Waals surface area contributed by atoms with Crippen LogP contribution in [-0.4, -0.2) is 47.8 Å². The van der Waals surface area contributed by atoms with Crippen LogP contribution < -0.4 is 0 Å². The molecule has 0 N–H and O–H groups in total. The van der Waals surface area contributed by atoms with Gasteiger partial charge in [-0.1, -0.05) is 19.3 Å². The van der Waals surface area contributed by atoms with Crippen LogP contribution in [0.4, 0.5) is 0 Å². The van der Waals surface area contributed by atoms with Gasteiger partial charge in [0.25, 0.3) is 0 Å². The first kappa shape index (κ1) is 12.4. The fourth-order valence-corrected chi connectivity index (χ4v) is 2.83. The van der Waals surface area contributed by atoms with Crippen molar-refractivity contribution in [1.29, 1.82) is 0 Å². The maximum atomic E-state index is 12.2. The van der Waals surface area contributed by atoms with E-state index in [0.29, 0.717) is 19.1 Å². The van der Waals surface area contributed by atoms with E-state index in [-0.39, 0.29) is 17.7 Å². The van der Waals surface area contributed by atoms with Crippen LogP contribution >= 0.6 is 0 Å². The minimum Gasteiger partial charge on any atom is -0.342 e.